The number of benzene rings is 2. The fourth-order valence-corrected chi connectivity index (χ4v) is 4.01. The molecule has 0 aliphatic carbocycles. The maximum Gasteiger partial charge on any atom is 0.276 e. The number of nitrogens with zero attached hydrogens (tertiary/aromatic N) is 4. The Kier molecular flexibility index (Phi) is 7.54. The smallest absolute Gasteiger partial charge is 0.276 e. The molecule has 0 aliphatic rings. The molecule has 0 fully saturated rings. The topological polar surface area (TPSA) is 66.4 Å². The predicted molar refractivity (Wildman–Crippen MR) is 145 cm³/mol. The van der Waals surface area contributed by atoms with Crippen molar-refractivity contribution in [1.82, 2.24) is 9.97 Å². The maximum atomic E-state index is 13.3. The average molecular weight is 479 g/mol. The van der Waals surface area contributed by atoms with E-state index >= 15 is 0 Å². The number of carbonyl (C=O) groups is 2. The molecule has 0 saturated carbocycles. The molecule has 0 radical (unpaired) electrons. The Morgan fingerprint density at radius 3 is 1.28 bits per heavy atom. The Hall–Kier alpha value is -4.32. The number of pyridine rings is 2. The first-order valence-corrected chi connectivity index (χ1v) is 12.1. The lowest BCUT2D eigenvalue weighted by atomic mass is 10.1. The lowest BCUT2D eigenvalue weighted by Crippen LogP contribution is -2.31. The van der Waals surface area contributed by atoms with E-state index in [1.807, 2.05) is 76.2 Å². The van der Waals surface area contributed by atoms with E-state index in [0.717, 1.165) is 22.5 Å². The molecule has 0 unspecified atom stereocenters. The minimum atomic E-state index is -0.188. The molecule has 2 aromatic carbocycles. The van der Waals surface area contributed by atoms with Crippen LogP contribution in [0.5, 0.6) is 0 Å². The van der Waals surface area contributed by atoms with Crippen molar-refractivity contribution in [2.45, 2.75) is 27.7 Å². The van der Waals surface area contributed by atoms with Crippen LogP contribution in [0.1, 0.15) is 46.0 Å². The van der Waals surface area contributed by atoms with Gasteiger partial charge >= 0.3 is 0 Å². The fourth-order valence-electron chi connectivity index (χ4n) is 4.01. The van der Waals surface area contributed by atoms with Crippen molar-refractivity contribution >= 4 is 23.2 Å². The van der Waals surface area contributed by atoms with Crippen LogP contribution in [0.2, 0.25) is 0 Å². The van der Waals surface area contributed by atoms with Crippen LogP contribution in [-0.4, -0.2) is 34.9 Å². The summed E-state index contributed by atoms with van der Waals surface area (Å²) in [5.74, 6) is -0.376. The summed E-state index contributed by atoms with van der Waals surface area (Å²) in [5.41, 5.74) is 5.62. The van der Waals surface area contributed by atoms with E-state index in [1.54, 1.807) is 46.2 Å². The van der Waals surface area contributed by atoms with E-state index < -0.39 is 0 Å². The van der Waals surface area contributed by atoms with E-state index in [1.165, 1.54) is 0 Å². The molecule has 6 heteroatoms. The highest BCUT2D eigenvalue weighted by Gasteiger charge is 2.20. The van der Waals surface area contributed by atoms with Crippen molar-refractivity contribution in [1.29, 1.82) is 0 Å². The molecule has 0 N–H and O–H groups in total. The predicted octanol–water partition coefficient (Wildman–Crippen LogP) is 6.09. The van der Waals surface area contributed by atoms with Crippen LogP contribution in [0, 0.1) is 13.8 Å². The van der Waals surface area contributed by atoms with Crippen molar-refractivity contribution in [2.24, 2.45) is 0 Å². The Morgan fingerprint density at radius 1 is 0.583 bits per heavy atom. The van der Waals surface area contributed by atoms with Crippen LogP contribution in [0.3, 0.4) is 0 Å². The fraction of sp³-hybridized carbons (Fsp3) is 0.200. The van der Waals surface area contributed by atoms with Crippen LogP contribution in [0.4, 0.5) is 11.4 Å². The monoisotopic (exact) mass is 478 g/mol. The van der Waals surface area contributed by atoms with Gasteiger partial charge < -0.3 is 9.80 Å². The summed E-state index contributed by atoms with van der Waals surface area (Å²) >= 11 is 0. The highest BCUT2D eigenvalue weighted by Crippen LogP contribution is 2.22. The Labute approximate surface area is 212 Å². The third kappa shape index (κ3) is 5.33. The van der Waals surface area contributed by atoms with E-state index in [0.29, 0.717) is 35.9 Å². The summed E-state index contributed by atoms with van der Waals surface area (Å²) in [6, 6.07) is 26.3. The van der Waals surface area contributed by atoms with Gasteiger partial charge in [0.25, 0.3) is 11.8 Å². The van der Waals surface area contributed by atoms with Gasteiger partial charge in [-0.3, -0.25) is 9.59 Å². The summed E-state index contributed by atoms with van der Waals surface area (Å²) in [5, 5.41) is 0. The second kappa shape index (κ2) is 11.0. The first-order valence-electron chi connectivity index (χ1n) is 12.1. The van der Waals surface area contributed by atoms with Gasteiger partial charge in [-0.2, -0.15) is 0 Å². The van der Waals surface area contributed by atoms with Crippen LogP contribution in [0.15, 0.2) is 84.9 Å². The quantitative estimate of drug-likeness (QED) is 0.322. The number of hydrogen-bond donors (Lipinski definition) is 0. The molecule has 0 spiro atoms. The highest BCUT2D eigenvalue weighted by atomic mass is 16.2. The van der Waals surface area contributed by atoms with Gasteiger partial charge in [0, 0.05) is 24.5 Å². The summed E-state index contributed by atoms with van der Waals surface area (Å²) in [7, 11) is 0. The van der Waals surface area contributed by atoms with Gasteiger partial charge in [0.05, 0.1) is 11.4 Å². The molecule has 4 rings (SSSR count). The summed E-state index contributed by atoms with van der Waals surface area (Å²) in [4.78, 5) is 39.2. The number of anilines is 2. The molecule has 0 aliphatic heterocycles. The Balaban J connectivity index is 1.62. The molecule has 2 aromatic heterocycles. The van der Waals surface area contributed by atoms with Gasteiger partial charge in [0.1, 0.15) is 11.4 Å². The standard InChI is InChI=1S/C30H30N4O2/c1-5-33(23-17-13-21(3)14-18-23)29(35)27-11-7-9-25(31-27)26-10-8-12-28(32-26)30(36)34(6-2)24-19-15-22(4)16-20-24/h7-20H,5-6H2,1-4H3. The first kappa shape index (κ1) is 24.8. The van der Waals surface area contributed by atoms with Crippen molar-refractivity contribution in [2.75, 3.05) is 22.9 Å². The zero-order valence-electron chi connectivity index (χ0n) is 21.1. The van der Waals surface area contributed by atoms with Gasteiger partial charge in [-0.1, -0.05) is 47.5 Å². The van der Waals surface area contributed by atoms with Crippen LogP contribution in [0.25, 0.3) is 11.4 Å². The molecule has 0 saturated heterocycles. The first-order chi connectivity index (χ1) is 17.4. The van der Waals surface area contributed by atoms with Crippen molar-refractivity contribution in [3.05, 3.63) is 107 Å². The second-order valence-corrected chi connectivity index (χ2v) is 8.59. The highest BCUT2D eigenvalue weighted by molar-refractivity contribution is 6.06. The largest absolute Gasteiger partial charge is 0.307 e. The zero-order chi connectivity index (χ0) is 25.7. The van der Waals surface area contributed by atoms with E-state index in [4.69, 9.17) is 0 Å². The number of aryl methyl sites for hydroxylation is 2. The second-order valence-electron chi connectivity index (χ2n) is 8.59. The Morgan fingerprint density at radius 2 is 0.944 bits per heavy atom. The molecule has 2 amide bonds. The molecule has 182 valence electrons. The molecule has 0 bridgehead atoms. The van der Waals surface area contributed by atoms with Crippen LogP contribution < -0.4 is 9.80 Å². The third-order valence-electron chi connectivity index (χ3n) is 6.01. The average Bonchev–Trinajstić information content (AvgIpc) is 2.91. The van der Waals surface area contributed by atoms with Crippen LogP contribution >= 0.6 is 0 Å². The molecule has 36 heavy (non-hydrogen) atoms. The number of hydrogen-bond acceptors (Lipinski definition) is 4. The van der Waals surface area contributed by atoms with Crippen LogP contribution in [-0.2, 0) is 0 Å². The molecule has 0 atom stereocenters. The minimum absolute atomic E-state index is 0.188. The summed E-state index contributed by atoms with van der Waals surface area (Å²) < 4.78 is 0. The zero-order valence-corrected chi connectivity index (χ0v) is 21.1. The van der Waals surface area contributed by atoms with Gasteiger partial charge in [-0.25, -0.2) is 9.97 Å². The van der Waals surface area contributed by atoms with Gasteiger partial charge in [0.15, 0.2) is 0 Å². The lowest BCUT2D eigenvalue weighted by molar-refractivity contribution is 0.0975. The van der Waals surface area contributed by atoms with Gasteiger partial charge in [-0.05, 0) is 76.2 Å². The molecular formula is C30H30N4O2. The van der Waals surface area contributed by atoms with Gasteiger partial charge in [0.2, 0.25) is 0 Å². The number of carbonyl (C=O) groups excluding carboxylic acids is 2. The van der Waals surface area contributed by atoms with Crippen molar-refractivity contribution < 1.29 is 9.59 Å². The van der Waals surface area contributed by atoms with Crippen molar-refractivity contribution in [3.8, 4) is 11.4 Å². The molecule has 2 heterocycles. The molecule has 6 nitrogen and oxygen atoms in total. The summed E-state index contributed by atoms with van der Waals surface area (Å²) in [6.45, 7) is 8.93. The Bertz CT molecular complexity index is 1260. The third-order valence-corrected chi connectivity index (χ3v) is 6.01. The SMILES string of the molecule is CCN(C(=O)c1cccc(-c2cccc(C(=O)N(CC)c3ccc(C)cc3)n2)n1)c1ccc(C)cc1. The number of amides is 2. The maximum absolute atomic E-state index is 13.3. The minimum Gasteiger partial charge on any atom is -0.307 e. The number of rotatable bonds is 7. The lowest BCUT2D eigenvalue weighted by Gasteiger charge is -2.21. The summed E-state index contributed by atoms with van der Waals surface area (Å²) in [6.07, 6.45) is 0. The molecule has 4 aromatic rings. The van der Waals surface area contributed by atoms with E-state index in [9.17, 15) is 9.59 Å². The van der Waals surface area contributed by atoms with Gasteiger partial charge in [-0.15, -0.1) is 0 Å². The van der Waals surface area contributed by atoms with E-state index in [2.05, 4.69) is 9.97 Å². The molecular weight excluding hydrogens is 448 g/mol. The van der Waals surface area contributed by atoms with E-state index in [-0.39, 0.29) is 11.8 Å². The normalized spacial score (nSPS) is 10.7. The number of aromatic nitrogens is 2. The van der Waals surface area contributed by atoms with Crippen molar-refractivity contribution in [3.63, 3.8) is 0 Å².